The lowest BCUT2D eigenvalue weighted by atomic mass is 10.1. The Morgan fingerprint density at radius 3 is 2.47 bits per heavy atom. The molecule has 1 fully saturated rings. The van der Waals surface area contributed by atoms with E-state index in [9.17, 15) is 9.59 Å². The molecule has 2 aromatic rings. The van der Waals surface area contributed by atoms with Crippen LogP contribution in [0.2, 0.25) is 15.1 Å². The molecule has 1 N–H and O–H groups in total. The fourth-order valence-corrected chi connectivity index (χ4v) is 4.57. The van der Waals surface area contributed by atoms with Gasteiger partial charge in [-0.1, -0.05) is 72.8 Å². The molecule has 0 bridgehead atoms. The van der Waals surface area contributed by atoms with Crippen LogP contribution in [-0.4, -0.2) is 35.4 Å². The Morgan fingerprint density at radius 2 is 1.81 bits per heavy atom. The number of ether oxygens (including phenoxy) is 1. The summed E-state index contributed by atoms with van der Waals surface area (Å²) in [4.78, 5) is 27.9. The summed E-state index contributed by atoms with van der Waals surface area (Å²) in [5.41, 5.74) is 0.763. The fraction of sp³-hybridized carbons (Fsp3) is 0.417. The lowest BCUT2D eigenvalue weighted by Crippen LogP contribution is -2.52. The van der Waals surface area contributed by atoms with Crippen molar-refractivity contribution in [3.8, 4) is 5.75 Å². The number of nitrogens with zero attached hydrogens (tertiary/aromatic N) is 1. The molecule has 8 heteroatoms. The van der Waals surface area contributed by atoms with E-state index in [4.69, 9.17) is 39.5 Å². The topological polar surface area (TPSA) is 58.6 Å². The molecule has 1 aliphatic rings. The number of rotatable bonds is 9. The number of hydrogen-bond acceptors (Lipinski definition) is 3. The van der Waals surface area contributed by atoms with Crippen LogP contribution in [0, 0.1) is 0 Å². The van der Waals surface area contributed by atoms with Crippen LogP contribution in [-0.2, 0) is 16.1 Å². The van der Waals surface area contributed by atoms with Crippen molar-refractivity contribution in [1.29, 1.82) is 0 Å². The molecule has 3 rings (SSSR count). The van der Waals surface area contributed by atoms with E-state index < -0.39 is 6.04 Å². The van der Waals surface area contributed by atoms with Gasteiger partial charge in [-0.3, -0.25) is 9.59 Å². The molecule has 1 aliphatic carbocycles. The quantitative estimate of drug-likeness (QED) is 0.470. The Bertz CT molecular complexity index is 948. The molecule has 0 unspecified atom stereocenters. The molecular weight excluding hydrogens is 471 g/mol. The number of benzene rings is 2. The molecule has 0 aliphatic heterocycles. The minimum atomic E-state index is -0.635. The molecule has 2 amide bonds. The molecule has 5 nitrogen and oxygen atoms in total. The minimum Gasteiger partial charge on any atom is -0.482 e. The van der Waals surface area contributed by atoms with Gasteiger partial charge in [0.1, 0.15) is 11.8 Å². The standard InChI is InChI=1S/C24H27Cl3N2O3/c1-2-21(24(31)28-18-8-4-5-9-18)29(14-16-7-3-6-10-19(16)26)23(30)15-32-22-12-11-17(25)13-20(22)27/h3,6-7,10-13,18,21H,2,4-5,8-9,14-15H2,1H3,(H,28,31)/t21-/m1/s1. The second-order valence-corrected chi connectivity index (χ2v) is 9.14. The molecular formula is C24H27Cl3N2O3. The van der Waals surface area contributed by atoms with Crippen molar-refractivity contribution in [2.45, 2.75) is 57.7 Å². The van der Waals surface area contributed by atoms with Crippen molar-refractivity contribution in [1.82, 2.24) is 10.2 Å². The van der Waals surface area contributed by atoms with Gasteiger partial charge in [0, 0.05) is 22.6 Å². The third kappa shape index (κ3) is 6.53. The summed E-state index contributed by atoms with van der Waals surface area (Å²) in [6, 6.07) is 11.6. The third-order valence-electron chi connectivity index (χ3n) is 5.63. The van der Waals surface area contributed by atoms with E-state index in [1.165, 1.54) is 4.90 Å². The normalized spacial score (nSPS) is 14.8. The molecule has 2 aromatic carbocycles. The van der Waals surface area contributed by atoms with Gasteiger partial charge in [0.25, 0.3) is 5.91 Å². The van der Waals surface area contributed by atoms with Gasteiger partial charge in [0.15, 0.2) is 6.61 Å². The maximum atomic E-state index is 13.3. The van der Waals surface area contributed by atoms with Crippen molar-refractivity contribution in [2.24, 2.45) is 0 Å². The molecule has 0 heterocycles. The zero-order chi connectivity index (χ0) is 23.1. The van der Waals surface area contributed by atoms with Crippen LogP contribution < -0.4 is 10.1 Å². The lowest BCUT2D eigenvalue weighted by molar-refractivity contribution is -0.143. The second kappa shape index (κ2) is 11.8. The van der Waals surface area contributed by atoms with E-state index in [0.717, 1.165) is 31.2 Å². The van der Waals surface area contributed by atoms with Gasteiger partial charge in [-0.2, -0.15) is 0 Å². The number of hydrogen-bond donors (Lipinski definition) is 1. The van der Waals surface area contributed by atoms with Gasteiger partial charge in [0.2, 0.25) is 5.91 Å². The van der Waals surface area contributed by atoms with Crippen LogP contribution in [0.25, 0.3) is 0 Å². The van der Waals surface area contributed by atoms with Gasteiger partial charge >= 0.3 is 0 Å². The third-order valence-corrected chi connectivity index (χ3v) is 6.53. The largest absolute Gasteiger partial charge is 0.482 e. The number of amides is 2. The van der Waals surface area contributed by atoms with Gasteiger partial charge in [-0.25, -0.2) is 0 Å². The highest BCUT2D eigenvalue weighted by Crippen LogP contribution is 2.28. The monoisotopic (exact) mass is 496 g/mol. The van der Waals surface area contributed by atoms with Crippen molar-refractivity contribution in [2.75, 3.05) is 6.61 Å². The highest BCUT2D eigenvalue weighted by atomic mass is 35.5. The van der Waals surface area contributed by atoms with E-state index in [2.05, 4.69) is 5.32 Å². The highest BCUT2D eigenvalue weighted by Gasteiger charge is 2.31. The van der Waals surface area contributed by atoms with E-state index in [1.807, 2.05) is 25.1 Å². The summed E-state index contributed by atoms with van der Waals surface area (Å²) >= 11 is 18.4. The zero-order valence-corrected chi connectivity index (χ0v) is 20.2. The first kappa shape index (κ1) is 24.7. The molecule has 32 heavy (non-hydrogen) atoms. The Labute approximate surface area is 204 Å². The summed E-state index contributed by atoms with van der Waals surface area (Å²) in [7, 11) is 0. The molecule has 1 atom stereocenters. The van der Waals surface area contributed by atoms with Crippen molar-refractivity contribution >= 4 is 46.6 Å². The second-order valence-electron chi connectivity index (χ2n) is 7.89. The molecule has 172 valence electrons. The average molecular weight is 498 g/mol. The number of carbonyl (C=O) groups is 2. The Balaban J connectivity index is 1.78. The van der Waals surface area contributed by atoms with Crippen molar-refractivity contribution in [3.63, 3.8) is 0 Å². The van der Waals surface area contributed by atoms with Crippen molar-refractivity contribution < 1.29 is 14.3 Å². The van der Waals surface area contributed by atoms with Gasteiger partial charge in [0.05, 0.1) is 5.02 Å². The van der Waals surface area contributed by atoms with Gasteiger partial charge in [-0.15, -0.1) is 0 Å². The summed E-state index contributed by atoms with van der Waals surface area (Å²) in [6.45, 7) is 1.83. The van der Waals surface area contributed by atoms with Crippen LogP contribution in [0.3, 0.4) is 0 Å². The van der Waals surface area contributed by atoms with E-state index in [0.29, 0.717) is 27.2 Å². The maximum absolute atomic E-state index is 13.3. The molecule has 0 radical (unpaired) electrons. The summed E-state index contributed by atoms with van der Waals surface area (Å²) in [5, 5.41) is 4.44. The SMILES string of the molecule is CC[C@H](C(=O)NC1CCCC1)N(Cc1ccccc1Cl)C(=O)COc1ccc(Cl)cc1Cl. The van der Waals surface area contributed by atoms with Crippen LogP contribution in [0.1, 0.15) is 44.6 Å². The highest BCUT2D eigenvalue weighted by molar-refractivity contribution is 6.35. The van der Waals surface area contributed by atoms with Crippen LogP contribution in [0.15, 0.2) is 42.5 Å². The molecule has 1 saturated carbocycles. The van der Waals surface area contributed by atoms with Crippen LogP contribution in [0.5, 0.6) is 5.75 Å². The Hall–Kier alpha value is -1.95. The van der Waals surface area contributed by atoms with Crippen molar-refractivity contribution in [3.05, 3.63) is 63.1 Å². The minimum absolute atomic E-state index is 0.149. The van der Waals surface area contributed by atoms with Gasteiger partial charge in [-0.05, 0) is 49.1 Å². The lowest BCUT2D eigenvalue weighted by Gasteiger charge is -2.31. The first-order chi connectivity index (χ1) is 15.4. The average Bonchev–Trinajstić information content (AvgIpc) is 3.27. The summed E-state index contributed by atoms with van der Waals surface area (Å²) in [6.07, 6.45) is 4.63. The number of halogens is 3. The fourth-order valence-electron chi connectivity index (χ4n) is 3.91. The van der Waals surface area contributed by atoms with Crippen LogP contribution >= 0.6 is 34.8 Å². The molecule has 0 spiro atoms. The predicted octanol–water partition coefficient (Wildman–Crippen LogP) is 5.89. The van der Waals surface area contributed by atoms with E-state index >= 15 is 0 Å². The summed E-state index contributed by atoms with van der Waals surface area (Å²) in [5.74, 6) is -0.126. The van der Waals surface area contributed by atoms with Crippen LogP contribution in [0.4, 0.5) is 0 Å². The Morgan fingerprint density at radius 1 is 1.09 bits per heavy atom. The summed E-state index contributed by atoms with van der Waals surface area (Å²) < 4.78 is 5.66. The molecule has 0 saturated heterocycles. The zero-order valence-electron chi connectivity index (χ0n) is 18.0. The van der Waals surface area contributed by atoms with E-state index in [1.54, 1.807) is 24.3 Å². The number of carbonyl (C=O) groups excluding carboxylic acids is 2. The first-order valence-corrected chi connectivity index (χ1v) is 11.9. The smallest absolute Gasteiger partial charge is 0.261 e. The molecule has 0 aromatic heterocycles. The van der Waals surface area contributed by atoms with E-state index in [-0.39, 0.29) is 31.0 Å². The Kier molecular flexibility index (Phi) is 9.09. The first-order valence-electron chi connectivity index (χ1n) is 10.8. The predicted molar refractivity (Wildman–Crippen MR) is 128 cm³/mol. The number of nitrogens with one attached hydrogen (secondary N) is 1. The maximum Gasteiger partial charge on any atom is 0.261 e. The van der Waals surface area contributed by atoms with Gasteiger partial charge < -0.3 is 15.0 Å².